The van der Waals surface area contributed by atoms with Crippen molar-refractivity contribution in [2.45, 2.75) is 31.7 Å². The second kappa shape index (κ2) is 7.56. The molecular formula is C21H20N6O4. The fourth-order valence-electron chi connectivity index (χ4n) is 4.01. The molecule has 3 aromatic heterocycles. The molecule has 0 spiro atoms. The molecule has 4 heterocycles. The molecule has 1 aliphatic heterocycles. The third kappa shape index (κ3) is 3.35. The summed E-state index contributed by atoms with van der Waals surface area (Å²) in [4.78, 5) is 30.6. The molecule has 10 nitrogen and oxygen atoms in total. The van der Waals surface area contributed by atoms with Crippen LogP contribution in [0.1, 0.15) is 24.3 Å². The minimum Gasteiger partial charge on any atom is -0.394 e. The highest BCUT2D eigenvalue weighted by Gasteiger charge is 2.38. The Hall–Kier alpha value is -3.63. The van der Waals surface area contributed by atoms with Gasteiger partial charge in [-0.05, 0) is 19.1 Å². The second-order valence-electron chi connectivity index (χ2n) is 7.55. The maximum Gasteiger partial charge on any atom is 0.330 e. The van der Waals surface area contributed by atoms with E-state index in [0.29, 0.717) is 17.7 Å². The van der Waals surface area contributed by atoms with Gasteiger partial charge in [0, 0.05) is 35.3 Å². The van der Waals surface area contributed by atoms with Crippen LogP contribution in [0, 0.1) is 6.92 Å². The first-order valence-corrected chi connectivity index (χ1v) is 9.89. The van der Waals surface area contributed by atoms with Gasteiger partial charge in [0.15, 0.2) is 0 Å². The summed E-state index contributed by atoms with van der Waals surface area (Å²) >= 11 is 0. The zero-order chi connectivity index (χ0) is 21.5. The van der Waals surface area contributed by atoms with Crippen molar-refractivity contribution in [2.24, 2.45) is 0 Å². The lowest BCUT2D eigenvalue weighted by Gasteiger charge is -2.15. The Labute approximate surface area is 175 Å². The number of nitrogens with one attached hydrogen (secondary N) is 1. The van der Waals surface area contributed by atoms with Gasteiger partial charge in [-0.2, -0.15) is 0 Å². The molecule has 2 N–H and O–H groups in total. The summed E-state index contributed by atoms with van der Waals surface area (Å²) in [6, 6.07) is 9.34. The van der Waals surface area contributed by atoms with E-state index < -0.39 is 23.6 Å². The largest absolute Gasteiger partial charge is 0.394 e. The predicted octanol–water partition coefficient (Wildman–Crippen LogP) is 1.17. The van der Waals surface area contributed by atoms with E-state index in [2.05, 4.69) is 20.3 Å². The molecule has 10 heteroatoms. The van der Waals surface area contributed by atoms with Gasteiger partial charge in [-0.15, -0.1) is 5.10 Å². The first-order chi connectivity index (χ1) is 15.0. The third-order valence-corrected chi connectivity index (χ3v) is 5.62. The molecule has 5 rings (SSSR count). The molecule has 3 atom stereocenters. The Morgan fingerprint density at radius 1 is 1.23 bits per heavy atom. The number of aromatic nitrogens is 6. The monoisotopic (exact) mass is 420 g/mol. The van der Waals surface area contributed by atoms with Gasteiger partial charge in [0.2, 0.25) is 0 Å². The maximum atomic E-state index is 12.3. The van der Waals surface area contributed by atoms with E-state index in [0.717, 1.165) is 16.5 Å². The van der Waals surface area contributed by atoms with Gasteiger partial charge in [-0.3, -0.25) is 19.3 Å². The predicted molar refractivity (Wildman–Crippen MR) is 111 cm³/mol. The number of aliphatic hydroxyl groups is 1. The van der Waals surface area contributed by atoms with Gasteiger partial charge in [-0.25, -0.2) is 9.48 Å². The van der Waals surface area contributed by atoms with Crippen molar-refractivity contribution >= 4 is 10.9 Å². The van der Waals surface area contributed by atoms with Crippen molar-refractivity contribution in [1.82, 2.24) is 29.5 Å². The highest BCUT2D eigenvalue weighted by molar-refractivity contribution is 5.92. The van der Waals surface area contributed by atoms with Crippen LogP contribution < -0.4 is 11.2 Å². The quantitative estimate of drug-likeness (QED) is 0.507. The van der Waals surface area contributed by atoms with Crippen molar-refractivity contribution in [3.63, 3.8) is 0 Å². The van der Waals surface area contributed by atoms with E-state index in [1.54, 1.807) is 17.8 Å². The number of hydrogen-bond acceptors (Lipinski definition) is 7. The van der Waals surface area contributed by atoms with Crippen molar-refractivity contribution in [1.29, 1.82) is 0 Å². The Morgan fingerprint density at radius 2 is 2.06 bits per heavy atom. The van der Waals surface area contributed by atoms with Crippen molar-refractivity contribution in [3.05, 3.63) is 75.3 Å². The zero-order valence-corrected chi connectivity index (χ0v) is 16.7. The van der Waals surface area contributed by atoms with E-state index in [-0.39, 0.29) is 12.6 Å². The lowest BCUT2D eigenvalue weighted by molar-refractivity contribution is -0.0323. The molecule has 0 amide bonds. The molecule has 0 radical (unpaired) electrons. The zero-order valence-electron chi connectivity index (χ0n) is 16.7. The summed E-state index contributed by atoms with van der Waals surface area (Å²) in [7, 11) is 0. The Balaban J connectivity index is 1.48. The van der Waals surface area contributed by atoms with E-state index in [1.165, 1.54) is 10.8 Å². The summed E-state index contributed by atoms with van der Waals surface area (Å²) in [5.41, 5.74) is 1.86. The fraction of sp³-hybridized carbons (Fsp3) is 0.286. The van der Waals surface area contributed by atoms with Gasteiger partial charge in [0.05, 0.1) is 24.4 Å². The van der Waals surface area contributed by atoms with Gasteiger partial charge in [-0.1, -0.05) is 23.4 Å². The number of ether oxygens (including phenoxy) is 1. The smallest absolute Gasteiger partial charge is 0.330 e. The number of fused-ring (bicyclic) bond motifs is 1. The Morgan fingerprint density at radius 3 is 2.90 bits per heavy atom. The first-order valence-electron chi connectivity index (χ1n) is 9.89. The van der Waals surface area contributed by atoms with Gasteiger partial charge in [0.25, 0.3) is 5.56 Å². The molecule has 158 valence electrons. The summed E-state index contributed by atoms with van der Waals surface area (Å²) in [5, 5.41) is 19.4. The highest BCUT2D eigenvalue weighted by Crippen LogP contribution is 2.36. The molecule has 31 heavy (non-hydrogen) atoms. The van der Waals surface area contributed by atoms with Gasteiger partial charge >= 0.3 is 5.69 Å². The maximum absolute atomic E-state index is 12.3. The lowest BCUT2D eigenvalue weighted by atomic mass is 10.1. The van der Waals surface area contributed by atoms with Crippen LogP contribution in [0.2, 0.25) is 0 Å². The van der Waals surface area contributed by atoms with Crippen molar-refractivity contribution in [3.8, 4) is 11.3 Å². The van der Waals surface area contributed by atoms with Crippen LogP contribution in [-0.2, 0) is 4.74 Å². The van der Waals surface area contributed by atoms with Crippen molar-refractivity contribution in [2.75, 3.05) is 6.61 Å². The molecule has 1 aliphatic rings. The number of nitrogens with zero attached hydrogens (tertiary/aromatic N) is 5. The van der Waals surface area contributed by atoms with Gasteiger partial charge in [0.1, 0.15) is 18.0 Å². The number of aliphatic hydroxyl groups excluding tert-OH is 1. The molecular weight excluding hydrogens is 400 g/mol. The second-order valence-corrected chi connectivity index (χ2v) is 7.55. The highest BCUT2D eigenvalue weighted by atomic mass is 16.5. The summed E-state index contributed by atoms with van der Waals surface area (Å²) < 4.78 is 8.92. The SMILES string of the molecule is Cc1cn([C@H]2C[C@H](n3cc(-c4ccnc5ccccc45)nn3)[C@@H](CO)O2)c(=O)[nH]c1=O. The third-order valence-electron chi connectivity index (χ3n) is 5.62. The Bertz CT molecular complexity index is 1370. The fourth-order valence-corrected chi connectivity index (χ4v) is 4.01. The summed E-state index contributed by atoms with van der Waals surface area (Å²) in [6.07, 6.45) is 4.18. The minimum atomic E-state index is -0.639. The summed E-state index contributed by atoms with van der Waals surface area (Å²) in [5.74, 6) is 0. The molecule has 1 saturated heterocycles. The van der Waals surface area contributed by atoms with Gasteiger partial charge < -0.3 is 9.84 Å². The lowest BCUT2D eigenvalue weighted by Crippen LogP contribution is -2.33. The number of hydrogen-bond donors (Lipinski definition) is 2. The van der Waals surface area contributed by atoms with Crippen LogP contribution in [0.5, 0.6) is 0 Å². The number of para-hydroxylation sites is 1. The normalized spacial score (nSPS) is 21.0. The standard InChI is InChI=1S/C21H20N6O4/c1-12-9-26(21(30)23-20(12)29)19-8-17(18(11-28)31-19)27-10-16(24-25-27)14-6-7-22-15-5-3-2-4-13(14)15/h2-7,9-10,17-19,28H,8,11H2,1H3,(H,23,29,30)/t17-,18+,19+/m0/s1. The Kier molecular flexibility index (Phi) is 4.72. The van der Waals surface area contributed by atoms with E-state index >= 15 is 0 Å². The van der Waals surface area contributed by atoms with Crippen LogP contribution in [0.25, 0.3) is 22.2 Å². The molecule has 0 saturated carbocycles. The first kappa shape index (κ1) is 19.3. The average molecular weight is 420 g/mol. The summed E-state index contributed by atoms with van der Waals surface area (Å²) in [6.45, 7) is 1.37. The molecule has 1 fully saturated rings. The number of H-pyrrole nitrogens is 1. The number of rotatable bonds is 4. The number of pyridine rings is 1. The van der Waals surface area contributed by atoms with E-state index in [4.69, 9.17) is 4.74 Å². The number of benzene rings is 1. The minimum absolute atomic E-state index is 0.244. The van der Waals surface area contributed by atoms with Crippen LogP contribution in [0.3, 0.4) is 0 Å². The van der Waals surface area contributed by atoms with Crippen LogP contribution >= 0.6 is 0 Å². The van der Waals surface area contributed by atoms with Crippen LogP contribution in [0.15, 0.2) is 58.5 Å². The molecule has 1 aromatic carbocycles. The van der Waals surface area contributed by atoms with E-state index in [9.17, 15) is 14.7 Å². The molecule has 4 aromatic rings. The average Bonchev–Trinajstić information content (AvgIpc) is 3.43. The topological polar surface area (TPSA) is 128 Å². The molecule has 0 aliphatic carbocycles. The molecule has 0 bridgehead atoms. The number of aromatic amines is 1. The molecule has 0 unspecified atom stereocenters. The van der Waals surface area contributed by atoms with E-state index in [1.807, 2.05) is 36.5 Å². The number of aryl methyl sites for hydroxylation is 1. The van der Waals surface area contributed by atoms with Crippen LogP contribution in [0.4, 0.5) is 0 Å². The van der Waals surface area contributed by atoms with Crippen LogP contribution in [-0.4, -0.2) is 47.3 Å². The van der Waals surface area contributed by atoms with Crippen molar-refractivity contribution < 1.29 is 9.84 Å².